The van der Waals surface area contributed by atoms with E-state index >= 15 is 0 Å². The highest BCUT2D eigenvalue weighted by Gasteiger charge is 2.28. The molecule has 1 atom stereocenters. The number of anilines is 1. The summed E-state index contributed by atoms with van der Waals surface area (Å²) in [7, 11) is 0. The van der Waals surface area contributed by atoms with Crippen LogP contribution in [0.4, 0.5) is 5.69 Å². The zero-order chi connectivity index (χ0) is 22.9. The molecule has 2 amide bonds. The van der Waals surface area contributed by atoms with Crippen LogP contribution in [0.15, 0.2) is 71.9 Å². The van der Waals surface area contributed by atoms with Crippen molar-refractivity contribution in [2.45, 2.75) is 19.0 Å². The summed E-state index contributed by atoms with van der Waals surface area (Å²) in [6.07, 6.45) is 7.66. The number of carbonyl (C=O) groups is 2. The van der Waals surface area contributed by atoms with Crippen LogP contribution in [0.25, 0.3) is 0 Å². The zero-order valence-electron chi connectivity index (χ0n) is 18.6. The van der Waals surface area contributed by atoms with Gasteiger partial charge < -0.3 is 24.5 Å². The summed E-state index contributed by atoms with van der Waals surface area (Å²) in [6, 6.07) is 14.0. The Bertz CT molecular complexity index is 983. The van der Waals surface area contributed by atoms with Gasteiger partial charge in [-0.15, -0.1) is 0 Å². The van der Waals surface area contributed by atoms with E-state index in [2.05, 4.69) is 37.6 Å². The highest BCUT2D eigenvalue weighted by Crippen LogP contribution is 2.24. The van der Waals surface area contributed by atoms with Gasteiger partial charge in [0, 0.05) is 63.9 Å². The number of piperazine rings is 1. The topological polar surface area (TPSA) is 95.6 Å². The van der Waals surface area contributed by atoms with E-state index in [1.165, 1.54) is 5.69 Å². The van der Waals surface area contributed by atoms with Gasteiger partial charge in [0.1, 0.15) is 5.76 Å². The maximum atomic E-state index is 12.4. The van der Waals surface area contributed by atoms with Crippen molar-refractivity contribution in [1.82, 2.24) is 25.1 Å². The molecule has 3 aromatic rings. The monoisotopic (exact) mass is 450 g/mol. The Hall–Kier alpha value is -3.59. The molecule has 0 saturated carbocycles. The summed E-state index contributed by atoms with van der Waals surface area (Å²) in [5, 5.41) is 5.46. The van der Waals surface area contributed by atoms with Crippen LogP contribution >= 0.6 is 0 Å². The van der Waals surface area contributed by atoms with Gasteiger partial charge in [0.25, 0.3) is 0 Å². The van der Waals surface area contributed by atoms with E-state index in [9.17, 15) is 9.59 Å². The van der Waals surface area contributed by atoms with E-state index in [0.717, 1.165) is 44.9 Å². The molecule has 33 heavy (non-hydrogen) atoms. The molecule has 9 heteroatoms. The fraction of sp³-hybridized carbons (Fsp3) is 0.375. The molecule has 0 spiro atoms. The SMILES string of the molecule is O=C(NCCCn1ccnc1)C(=O)NC[C@@H](c1ccco1)N1CCN(c2ccccc2)CC1. The zero-order valence-corrected chi connectivity index (χ0v) is 18.6. The fourth-order valence-corrected chi connectivity index (χ4v) is 4.05. The molecule has 0 unspecified atom stereocenters. The molecule has 9 nitrogen and oxygen atoms in total. The number of benzene rings is 1. The number of aromatic nitrogens is 2. The fourth-order valence-electron chi connectivity index (χ4n) is 4.05. The molecule has 2 N–H and O–H groups in total. The van der Waals surface area contributed by atoms with E-state index in [0.29, 0.717) is 13.1 Å². The Labute approximate surface area is 193 Å². The molecule has 0 radical (unpaired) electrons. The van der Waals surface area contributed by atoms with Gasteiger partial charge in [-0.2, -0.15) is 0 Å². The number of rotatable bonds is 9. The first-order valence-corrected chi connectivity index (χ1v) is 11.3. The van der Waals surface area contributed by atoms with Crippen molar-refractivity contribution in [2.75, 3.05) is 44.2 Å². The van der Waals surface area contributed by atoms with Crippen LogP contribution in [-0.2, 0) is 16.1 Å². The van der Waals surface area contributed by atoms with Crippen molar-refractivity contribution in [2.24, 2.45) is 0 Å². The van der Waals surface area contributed by atoms with E-state index in [1.807, 2.05) is 41.1 Å². The Morgan fingerprint density at radius 1 is 1.00 bits per heavy atom. The lowest BCUT2D eigenvalue weighted by molar-refractivity contribution is -0.139. The van der Waals surface area contributed by atoms with Crippen LogP contribution in [0.2, 0.25) is 0 Å². The number of carbonyl (C=O) groups excluding carboxylic acids is 2. The average molecular weight is 451 g/mol. The van der Waals surface area contributed by atoms with Crippen LogP contribution < -0.4 is 15.5 Å². The van der Waals surface area contributed by atoms with Gasteiger partial charge in [-0.1, -0.05) is 18.2 Å². The van der Waals surface area contributed by atoms with Crippen molar-refractivity contribution in [3.63, 3.8) is 0 Å². The minimum atomic E-state index is -0.628. The van der Waals surface area contributed by atoms with Crippen LogP contribution in [0.1, 0.15) is 18.2 Å². The van der Waals surface area contributed by atoms with Gasteiger partial charge in [0.05, 0.1) is 18.6 Å². The molecule has 174 valence electrons. The molecular weight excluding hydrogens is 420 g/mol. The third kappa shape index (κ3) is 6.23. The Morgan fingerprint density at radius 3 is 2.48 bits per heavy atom. The van der Waals surface area contributed by atoms with Crippen molar-refractivity contribution in [3.8, 4) is 0 Å². The molecule has 1 saturated heterocycles. The molecule has 0 aliphatic carbocycles. The highest BCUT2D eigenvalue weighted by atomic mass is 16.3. The quantitative estimate of drug-likeness (QED) is 0.380. The van der Waals surface area contributed by atoms with Gasteiger partial charge in [-0.05, 0) is 30.7 Å². The molecule has 4 rings (SSSR count). The minimum absolute atomic E-state index is 0.129. The Balaban J connectivity index is 1.25. The van der Waals surface area contributed by atoms with Crippen LogP contribution in [-0.4, -0.2) is 65.5 Å². The predicted molar refractivity (Wildman–Crippen MR) is 125 cm³/mol. The van der Waals surface area contributed by atoms with Crippen molar-refractivity contribution >= 4 is 17.5 Å². The van der Waals surface area contributed by atoms with Crippen LogP contribution in [0.5, 0.6) is 0 Å². The van der Waals surface area contributed by atoms with Crippen LogP contribution in [0, 0.1) is 0 Å². The number of nitrogens with one attached hydrogen (secondary N) is 2. The van der Waals surface area contributed by atoms with Crippen molar-refractivity contribution < 1.29 is 14.0 Å². The summed E-state index contributed by atoms with van der Waals surface area (Å²) in [5.74, 6) is -0.464. The van der Waals surface area contributed by atoms with Gasteiger partial charge in [-0.3, -0.25) is 14.5 Å². The van der Waals surface area contributed by atoms with Gasteiger partial charge in [0.15, 0.2) is 0 Å². The maximum absolute atomic E-state index is 12.4. The van der Waals surface area contributed by atoms with E-state index < -0.39 is 11.8 Å². The molecule has 1 fully saturated rings. The van der Waals surface area contributed by atoms with E-state index in [-0.39, 0.29) is 6.04 Å². The predicted octanol–water partition coefficient (Wildman–Crippen LogP) is 1.66. The Morgan fingerprint density at radius 2 is 1.79 bits per heavy atom. The number of imidazole rings is 1. The largest absolute Gasteiger partial charge is 0.468 e. The lowest BCUT2D eigenvalue weighted by Crippen LogP contribution is -2.50. The van der Waals surface area contributed by atoms with E-state index in [1.54, 1.807) is 18.8 Å². The molecular formula is C24H30N6O3. The summed E-state index contributed by atoms with van der Waals surface area (Å²) in [5.41, 5.74) is 1.21. The lowest BCUT2D eigenvalue weighted by atomic mass is 10.1. The highest BCUT2D eigenvalue weighted by molar-refractivity contribution is 6.35. The number of furan rings is 1. The number of aryl methyl sites for hydroxylation is 1. The number of para-hydroxylation sites is 1. The summed E-state index contributed by atoms with van der Waals surface area (Å²) >= 11 is 0. The maximum Gasteiger partial charge on any atom is 0.309 e. The number of hydrogen-bond acceptors (Lipinski definition) is 6. The minimum Gasteiger partial charge on any atom is -0.468 e. The molecule has 0 bridgehead atoms. The average Bonchev–Trinajstić information content (AvgIpc) is 3.57. The Kier molecular flexibility index (Phi) is 7.76. The molecule has 1 aromatic carbocycles. The first kappa shape index (κ1) is 22.6. The third-order valence-corrected chi connectivity index (χ3v) is 5.85. The van der Waals surface area contributed by atoms with Crippen LogP contribution in [0.3, 0.4) is 0 Å². The first-order valence-electron chi connectivity index (χ1n) is 11.3. The summed E-state index contributed by atoms with van der Waals surface area (Å²) in [4.78, 5) is 33.2. The second kappa shape index (κ2) is 11.3. The molecule has 3 heterocycles. The first-order chi connectivity index (χ1) is 16.2. The van der Waals surface area contributed by atoms with Crippen molar-refractivity contribution in [1.29, 1.82) is 0 Å². The van der Waals surface area contributed by atoms with Gasteiger partial charge in [0.2, 0.25) is 0 Å². The molecule has 2 aromatic heterocycles. The standard InChI is InChI=1S/C24H30N6O3/c31-23(26-9-5-11-28-12-10-25-19-28)24(32)27-18-21(22-8-4-17-33-22)30-15-13-29(14-16-30)20-6-2-1-3-7-20/h1-4,6-8,10,12,17,19,21H,5,9,11,13-16,18H2,(H,26,31)(H,27,32)/t21-/m0/s1. The molecule has 1 aliphatic heterocycles. The number of amides is 2. The molecule has 1 aliphatic rings. The van der Waals surface area contributed by atoms with Crippen molar-refractivity contribution in [3.05, 3.63) is 73.2 Å². The smallest absolute Gasteiger partial charge is 0.309 e. The number of nitrogens with zero attached hydrogens (tertiary/aromatic N) is 4. The normalized spacial score (nSPS) is 15.2. The van der Waals surface area contributed by atoms with E-state index in [4.69, 9.17) is 4.42 Å². The summed E-state index contributed by atoms with van der Waals surface area (Å²) < 4.78 is 7.58. The number of hydrogen-bond donors (Lipinski definition) is 2. The summed E-state index contributed by atoms with van der Waals surface area (Å²) in [6.45, 7) is 4.89. The second-order valence-corrected chi connectivity index (χ2v) is 8.01. The third-order valence-electron chi connectivity index (χ3n) is 5.85. The van der Waals surface area contributed by atoms with Gasteiger partial charge >= 0.3 is 11.8 Å². The second-order valence-electron chi connectivity index (χ2n) is 8.01. The van der Waals surface area contributed by atoms with Gasteiger partial charge in [-0.25, -0.2) is 4.98 Å². The lowest BCUT2D eigenvalue weighted by Gasteiger charge is -2.39.